The maximum absolute atomic E-state index is 12.8. The Morgan fingerprint density at radius 2 is 1.82 bits per heavy atom. The SMILES string of the molecule is C[C@@H](Sc1nc2ccc(Cl)cc2[nH]1)C(=O)Nc1ccccc1-c1ccccc1. The van der Waals surface area contributed by atoms with E-state index in [0.717, 1.165) is 27.8 Å². The number of carbonyl (C=O) groups is 1. The van der Waals surface area contributed by atoms with Crippen LogP contribution in [0.4, 0.5) is 5.69 Å². The molecule has 0 aliphatic heterocycles. The van der Waals surface area contributed by atoms with Crippen LogP contribution < -0.4 is 5.32 Å². The number of nitrogens with zero attached hydrogens (tertiary/aromatic N) is 1. The first-order valence-electron chi connectivity index (χ1n) is 8.87. The smallest absolute Gasteiger partial charge is 0.237 e. The molecule has 140 valence electrons. The number of hydrogen-bond acceptors (Lipinski definition) is 3. The molecule has 0 saturated heterocycles. The van der Waals surface area contributed by atoms with E-state index in [0.29, 0.717) is 10.2 Å². The molecule has 0 bridgehead atoms. The molecule has 1 amide bonds. The first kappa shape index (κ1) is 18.6. The number of thioether (sulfide) groups is 1. The van der Waals surface area contributed by atoms with Crippen molar-refractivity contribution in [3.63, 3.8) is 0 Å². The van der Waals surface area contributed by atoms with E-state index in [1.165, 1.54) is 11.8 Å². The largest absolute Gasteiger partial charge is 0.333 e. The molecule has 1 atom stereocenters. The summed E-state index contributed by atoms with van der Waals surface area (Å²) in [5.74, 6) is -0.0770. The number of anilines is 1. The van der Waals surface area contributed by atoms with Gasteiger partial charge < -0.3 is 10.3 Å². The number of benzene rings is 3. The number of para-hydroxylation sites is 1. The quantitative estimate of drug-likeness (QED) is 0.399. The van der Waals surface area contributed by atoms with E-state index in [2.05, 4.69) is 15.3 Å². The average molecular weight is 408 g/mol. The Bertz CT molecular complexity index is 1130. The fraction of sp³-hybridized carbons (Fsp3) is 0.0909. The van der Waals surface area contributed by atoms with Crippen LogP contribution in [0.1, 0.15) is 6.92 Å². The third-order valence-electron chi connectivity index (χ3n) is 4.35. The molecule has 1 heterocycles. The molecule has 0 fully saturated rings. The second-order valence-corrected chi connectivity index (χ2v) is 8.13. The van der Waals surface area contributed by atoms with Crippen molar-refractivity contribution >= 4 is 46.0 Å². The van der Waals surface area contributed by atoms with Gasteiger partial charge in [-0.3, -0.25) is 4.79 Å². The van der Waals surface area contributed by atoms with Crippen molar-refractivity contribution in [2.75, 3.05) is 5.32 Å². The van der Waals surface area contributed by atoms with Gasteiger partial charge in [0, 0.05) is 16.3 Å². The first-order valence-corrected chi connectivity index (χ1v) is 10.1. The third kappa shape index (κ3) is 4.06. The van der Waals surface area contributed by atoms with E-state index in [9.17, 15) is 4.79 Å². The zero-order valence-corrected chi connectivity index (χ0v) is 16.7. The van der Waals surface area contributed by atoms with Crippen molar-refractivity contribution in [2.45, 2.75) is 17.3 Å². The second kappa shape index (κ2) is 8.09. The highest BCUT2D eigenvalue weighted by molar-refractivity contribution is 8.00. The topological polar surface area (TPSA) is 57.8 Å². The lowest BCUT2D eigenvalue weighted by atomic mass is 10.0. The van der Waals surface area contributed by atoms with E-state index in [1.54, 1.807) is 6.07 Å². The van der Waals surface area contributed by atoms with Crippen molar-refractivity contribution in [3.8, 4) is 11.1 Å². The van der Waals surface area contributed by atoms with Gasteiger partial charge in [0.25, 0.3) is 0 Å². The molecule has 2 N–H and O–H groups in total. The number of H-pyrrole nitrogens is 1. The minimum Gasteiger partial charge on any atom is -0.333 e. The normalized spacial score (nSPS) is 12.1. The summed E-state index contributed by atoms with van der Waals surface area (Å²) in [5.41, 5.74) is 4.54. The van der Waals surface area contributed by atoms with Gasteiger partial charge in [-0.2, -0.15) is 0 Å². The molecule has 0 aliphatic rings. The molecule has 1 aromatic heterocycles. The molecule has 6 heteroatoms. The molecular weight excluding hydrogens is 390 g/mol. The van der Waals surface area contributed by atoms with Crippen LogP contribution in [0, 0.1) is 0 Å². The fourth-order valence-electron chi connectivity index (χ4n) is 2.93. The highest BCUT2D eigenvalue weighted by atomic mass is 35.5. The lowest BCUT2D eigenvalue weighted by molar-refractivity contribution is -0.115. The van der Waals surface area contributed by atoms with Crippen LogP contribution in [0.25, 0.3) is 22.2 Å². The highest BCUT2D eigenvalue weighted by Gasteiger charge is 2.18. The molecule has 4 rings (SSSR count). The van der Waals surface area contributed by atoms with Crippen LogP contribution in [0.5, 0.6) is 0 Å². The summed E-state index contributed by atoms with van der Waals surface area (Å²) < 4.78 is 0. The van der Waals surface area contributed by atoms with Gasteiger partial charge >= 0.3 is 0 Å². The maximum atomic E-state index is 12.8. The summed E-state index contributed by atoms with van der Waals surface area (Å²) in [6, 6.07) is 23.3. The number of aromatic amines is 1. The van der Waals surface area contributed by atoms with Gasteiger partial charge in [-0.05, 0) is 36.8 Å². The summed E-state index contributed by atoms with van der Waals surface area (Å²) in [5, 5.41) is 4.07. The number of aromatic nitrogens is 2. The lowest BCUT2D eigenvalue weighted by Gasteiger charge is -2.14. The molecule has 0 unspecified atom stereocenters. The average Bonchev–Trinajstić information content (AvgIpc) is 3.10. The Hall–Kier alpha value is -2.76. The number of fused-ring (bicyclic) bond motifs is 1. The van der Waals surface area contributed by atoms with Crippen molar-refractivity contribution in [2.24, 2.45) is 0 Å². The van der Waals surface area contributed by atoms with Gasteiger partial charge in [-0.25, -0.2) is 4.98 Å². The van der Waals surface area contributed by atoms with Crippen molar-refractivity contribution < 1.29 is 4.79 Å². The summed E-state index contributed by atoms with van der Waals surface area (Å²) in [4.78, 5) is 20.5. The number of carbonyl (C=O) groups excluding carboxylic acids is 1. The lowest BCUT2D eigenvalue weighted by Crippen LogP contribution is -2.22. The van der Waals surface area contributed by atoms with Crippen molar-refractivity contribution in [3.05, 3.63) is 77.8 Å². The standard InChI is InChI=1S/C22H18ClN3OS/c1-14(28-22-25-19-12-11-16(23)13-20(19)26-22)21(27)24-18-10-6-5-9-17(18)15-7-3-2-4-8-15/h2-14H,1H3,(H,24,27)(H,25,26)/t14-/m1/s1. The predicted molar refractivity (Wildman–Crippen MR) is 117 cm³/mol. The first-order chi connectivity index (χ1) is 13.6. The zero-order chi connectivity index (χ0) is 19.5. The Morgan fingerprint density at radius 3 is 2.64 bits per heavy atom. The molecule has 4 nitrogen and oxygen atoms in total. The van der Waals surface area contributed by atoms with E-state index in [4.69, 9.17) is 11.6 Å². The number of rotatable bonds is 5. The Morgan fingerprint density at radius 1 is 1.07 bits per heavy atom. The van der Waals surface area contributed by atoms with E-state index in [1.807, 2.05) is 73.7 Å². The number of hydrogen-bond donors (Lipinski definition) is 2. The van der Waals surface area contributed by atoms with Gasteiger partial charge in [0.05, 0.1) is 16.3 Å². The molecule has 28 heavy (non-hydrogen) atoms. The van der Waals surface area contributed by atoms with Gasteiger partial charge in [0.15, 0.2) is 5.16 Å². The maximum Gasteiger partial charge on any atom is 0.237 e. The van der Waals surface area contributed by atoms with Crippen LogP contribution in [0.2, 0.25) is 5.02 Å². The number of amides is 1. The van der Waals surface area contributed by atoms with Crippen molar-refractivity contribution in [1.29, 1.82) is 0 Å². The Labute approximate surface area is 172 Å². The molecule has 0 radical (unpaired) electrons. The number of imidazole rings is 1. The zero-order valence-electron chi connectivity index (χ0n) is 15.1. The molecule has 0 aliphatic carbocycles. The predicted octanol–water partition coefficient (Wildman–Crippen LogP) is 6.00. The van der Waals surface area contributed by atoms with E-state index in [-0.39, 0.29) is 11.2 Å². The molecule has 0 saturated carbocycles. The highest BCUT2D eigenvalue weighted by Crippen LogP contribution is 2.29. The fourth-order valence-corrected chi connectivity index (χ4v) is 3.92. The van der Waals surface area contributed by atoms with Gasteiger partial charge in [0.2, 0.25) is 5.91 Å². The number of nitrogens with one attached hydrogen (secondary N) is 2. The Kier molecular flexibility index (Phi) is 5.37. The van der Waals surface area contributed by atoms with Crippen LogP contribution in [-0.2, 0) is 4.79 Å². The molecule has 0 spiro atoms. The third-order valence-corrected chi connectivity index (χ3v) is 5.57. The molecule has 3 aromatic carbocycles. The van der Waals surface area contributed by atoms with Crippen LogP contribution in [0.3, 0.4) is 0 Å². The van der Waals surface area contributed by atoms with Gasteiger partial charge in [-0.1, -0.05) is 71.9 Å². The van der Waals surface area contributed by atoms with Crippen molar-refractivity contribution in [1.82, 2.24) is 9.97 Å². The van der Waals surface area contributed by atoms with Gasteiger partial charge in [0.1, 0.15) is 0 Å². The minimum atomic E-state index is -0.320. The molecular formula is C22H18ClN3OS. The summed E-state index contributed by atoms with van der Waals surface area (Å²) >= 11 is 7.40. The summed E-state index contributed by atoms with van der Waals surface area (Å²) in [7, 11) is 0. The van der Waals surface area contributed by atoms with Crippen LogP contribution >= 0.6 is 23.4 Å². The summed E-state index contributed by atoms with van der Waals surface area (Å²) in [6.07, 6.45) is 0. The van der Waals surface area contributed by atoms with E-state index >= 15 is 0 Å². The van der Waals surface area contributed by atoms with Crippen LogP contribution in [0.15, 0.2) is 78.0 Å². The number of halogens is 1. The second-order valence-electron chi connectivity index (χ2n) is 6.36. The van der Waals surface area contributed by atoms with Gasteiger partial charge in [-0.15, -0.1) is 0 Å². The summed E-state index contributed by atoms with van der Waals surface area (Å²) in [6.45, 7) is 1.87. The Balaban J connectivity index is 1.50. The minimum absolute atomic E-state index is 0.0770. The monoisotopic (exact) mass is 407 g/mol. The van der Waals surface area contributed by atoms with E-state index < -0.39 is 0 Å². The molecule has 4 aromatic rings. The van der Waals surface area contributed by atoms with Crippen LogP contribution in [-0.4, -0.2) is 21.1 Å².